The SMILES string of the molecule is O=C(NCCCCC(C(=O)N/N=C/c1ccc(Br)cc1)N1CCCCC1)c1ccccc1. The normalized spacial score (nSPS) is 15.4. The average Bonchev–Trinajstić information content (AvgIpc) is 2.83. The minimum absolute atomic E-state index is 0.0572. The Morgan fingerprint density at radius 1 is 1.00 bits per heavy atom. The number of hydrazone groups is 1. The lowest BCUT2D eigenvalue weighted by Crippen LogP contribution is -2.47. The lowest BCUT2D eigenvalue weighted by atomic mass is 10.0. The molecule has 170 valence electrons. The van der Waals surface area contributed by atoms with Crippen LogP contribution in [0.5, 0.6) is 0 Å². The van der Waals surface area contributed by atoms with Gasteiger partial charge in [-0.25, -0.2) is 5.43 Å². The fourth-order valence-corrected chi connectivity index (χ4v) is 4.12. The van der Waals surface area contributed by atoms with E-state index in [2.05, 4.69) is 36.7 Å². The van der Waals surface area contributed by atoms with E-state index in [0.29, 0.717) is 12.1 Å². The van der Waals surface area contributed by atoms with E-state index in [4.69, 9.17) is 0 Å². The summed E-state index contributed by atoms with van der Waals surface area (Å²) in [5.41, 5.74) is 4.33. The molecule has 1 fully saturated rings. The Balaban J connectivity index is 1.47. The van der Waals surface area contributed by atoms with Crippen LogP contribution >= 0.6 is 15.9 Å². The van der Waals surface area contributed by atoms with Gasteiger partial charge in [-0.15, -0.1) is 0 Å². The number of likely N-dealkylation sites (tertiary alicyclic amines) is 1. The van der Waals surface area contributed by atoms with Crippen LogP contribution in [0.15, 0.2) is 64.2 Å². The molecule has 0 aromatic heterocycles. The molecule has 2 N–H and O–H groups in total. The van der Waals surface area contributed by atoms with Gasteiger partial charge in [-0.1, -0.05) is 52.7 Å². The minimum Gasteiger partial charge on any atom is -0.352 e. The zero-order valence-electron chi connectivity index (χ0n) is 18.3. The van der Waals surface area contributed by atoms with Crippen LogP contribution in [0.1, 0.15) is 54.4 Å². The smallest absolute Gasteiger partial charge is 0.257 e. The van der Waals surface area contributed by atoms with Gasteiger partial charge in [-0.3, -0.25) is 14.5 Å². The van der Waals surface area contributed by atoms with Crippen molar-refractivity contribution in [3.8, 4) is 0 Å². The molecule has 2 aromatic rings. The maximum absolute atomic E-state index is 12.9. The summed E-state index contributed by atoms with van der Waals surface area (Å²) in [5, 5.41) is 7.12. The topological polar surface area (TPSA) is 73.8 Å². The van der Waals surface area contributed by atoms with Crippen LogP contribution < -0.4 is 10.7 Å². The highest BCUT2D eigenvalue weighted by molar-refractivity contribution is 9.10. The largest absolute Gasteiger partial charge is 0.352 e. The van der Waals surface area contributed by atoms with Crippen molar-refractivity contribution >= 4 is 34.0 Å². The Labute approximate surface area is 198 Å². The summed E-state index contributed by atoms with van der Waals surface area (Å²) in [6.07, 6.45) is 7.58. The number of rotatable bonds is 10. The van der Waals surface area contributed by atoms with Crippen molar-refractivity contribution in [1.29, 1.82) is 0 Å². The number of benzene rings is 2. The van der Waals surface area contributed by atoms with Crippen molar-refractivity contribution in [3.05, 3.63) is 70.2 Å². The Kier molecular flexibility index (Phi) is 9.91. The molecule has 1 saturated heterocycles. The molecule has 7 heteroatoms. The molecule has 1 heterocycles. The standard InChI is InChI=1S/C25H31BrN4O2/c26-22-14-12-20(13-15-22)19-28-29-25(32)23(30-17-7-2-8-18-30)11-5-6-16-27-24(31)21-9-3-1-4-10-21/h1,3-4,9-10,12-15,19,23H,2,5-8,11,16-18H2,(H,27,31)(H,29,32)/b28-19+. The Hall–Kier alpha value is -2.51. The van der Waals surface area contributed by atoms with Gasteiger partial charge < -0.3 is 5.32 Å². The molecule has 1 aliphatic rings. The first-order valence-electron chi connectivity index (χ1n) is 11.3. The molecule has 1 atom stereocenters. The van der Waals surface area contributed by atoms with Gasteiger partial charge in [0.1, 0.15) is 0 Å². The van der Waals surface area contributed by atoms with Crippen molar-refractivity contribution < 1.29 is 9.59 Å². The predicted octanol–water partition coefficient (Wildman–Crippen LogP) is 4.35. The van der Waals surface area contributed by atoms with E-state index in [-0.39, 0.29) is 17.9 Å². The lowest BCUT2D eigenvalue weighted by Gasteiger charge is -2.33. The molecule has 0 saturated carbocycles. The highest BCUT2D eigenvalue weighted by Crippen LogP contribution is 2.17. The van der Waals surface area contributed by atoms with E-state index in [1.54, 1.807) is 18.3 Å². The van der Waals surface area contributed by atoms with E-state index in [1.165, 1.54) is 6.42 Å². The summed E-state index contributed by atoms with van der Waals surface area (Å²) in [4.78, 5) is 27.3. The van der Waals surface area contributed by atoms with Gasteiger partial charge in [0.25, 0.3) is 11.8 Å². The number of carbonyl (C=O) groups is 2. The number of hydrogen-bond acceptors (Lipinski definition) is 4. The van der Waals surface area contributed by atoms with Crippen molar-refractivity contribution in [1.82, 2.24) is 15.6 Å². The minimum atomic E-state index is -0.192. The second-order valence-corrected chi connectivity index (χ2v) is 8.93. The number of halogens is 1. The first-order chi connectivity index (χ1) is 15.6. The van der Waals surface area contributed by atoms with Crippen LogP contribution in [0.3, 0.4) is 0 Å². The van der Waals surface area contributed by atoms with Gasteiger partial charge in [0.15, 0.2) is 0 Å². The third kappa shape index (κ3) is 7.88. The van der Waals surface area contributed by atoms with E-state index >= 15 is 0 Å². The zero-order valence-corrected chi connectivity index (χ0v) is 19.9. The average molecular weight is 499 g/mol. The Morgan fingerprint density at radius 3 is 2.44 bits per heavy atom. The summed E-state index contributed by atoms with van der Waals surface area (Å²) < 4.78 is 1.00. The van der Waals surface area contributed by atoms with E-state index in [9.17, 15) is 9.59 Å². The van der Waals surface area contributed by atoms with Gasteiger partial charge in [0.2, 0.25) is 0 Å². The Morgan fingerprint density at radius 2 is 1.72 bits per heavy atom. The first-order valence-corrected chi connectivity index (χ1v) is 12.1. The Bertz CT molecular complexity index is 881. The zero-order chi connectivity index (χ0) is 22.6. The monoisotopic (exact) mass is 498 g/mol. The number of nitrogens with one attached hydrogen (secondary N) is 2. The van der Waals surface area contributed by atoms with Crippen LogP contribution in [-0.2, 0) is 4.79 Å². The quantitative estimate of drug-likeness (QED) is 0.290. The fourth-order valence-electron chi connectivity index (χ4n) is 3.86. The van der Waals surface area contributed by atoms with Crippen LogP contribution in [0.25, 0.3) is 0 Å². The van der Waals surface area contributed by atoms with Crippen LogP contribution in [0.2, 0.25) is 0 Å². The number of unbranched alkanes of at least 4 members (excludes halogenated alkanes) is 1. The van der Waals surface area contributed by atoms with Crippen molar-refractivity contribution in [2.24, 2.45) is 5.10 Å². The van der Waals surface area contributed by atoms with Crippen molar-refractivity contribution in [2.75, 3.05) is 19.6 Å². The van der Waals surface area contributed by atoms with Gasteiger partial charge in [-0.2, -0.15) is 5.10 Å². The van der Waals surface area contributed by atoms with Gasteiger partial charge in [0.05, 0.1) is 12.3 Å². The lowest BCUT2D eigenvalue weighted by molar-refractivity contribution is -0.127. The van der Waals surface area contributed by atoms with E-state index < -0.39 is 0 Å². The second-order valence-electron chi connectivity index (χ2n) is 8.02. The number of amides is 2. The van der Waals surface area contributed by atoms with E-state index in [0.717, 1.165) is 55.2 Å². The van der Waals surface area contributed by atoms with Crippen LogP contribution in [0.4, 0.5) is 0 Å². The fraction of sp³-hybridized carbons (Fsp3) is 0.400. The molecule has 1 aliphatic heterocycles. The maximum atomic E-state index is 12.9. The highest BCUT2D eigenvalue weighted by Gasteiger charge is 2.26. The van der Waals surface area contributed by atoms with Gasteiger partial charge in [-0.05, 0) is 75.0 Å². The number of nitrogens with zero attached hydrogens (tertiary/aromatic N) is 2. The van der Waals surface area contributed by atoms with Crippen molar-refractivity contribution in [2.45, 2.75) is 44.6 Å². The number of hydrogen-bond donors (Lipinski definition) is 2. The summed E-state index contributed by atoms with van der Waals surface area (Å²) >= 11 is 3.41. The number of carbonyl (C=O) groups excluding carboxylic acids is 2. The summed E-state index contributed by atoms with van der Waals surface area (Å²) in [6.45, 7) is 2.49. The van der Waals surface area contributed by atoms with Crippen LogP contribution in [0, 0.1) is 0 Å². The molecule has 1 unspecified atom stereocenters. The molecular weight excluding hydrogens is 468 g/mol. The van der Waals surface area contributed by atoms with Crippen LogP contribution in [-0.4, -0.2) is 48.6 Å². The molecule has 32 heavy (non-hydrogen) atoms. The molecule has 3 rings (SSSR count). The first kappa shape index (κ1) is 24.1. The summed E-state index contributed by atoms with van der Waals surface area (Å²) in [6, 6.07) is 16.8. The van der Waals surface area contributed by atoms with E-state index in [1.807, 2.05) is 42.5 Å². The molecule has 0 bridgehead atoms. The van der Waals surface area contributed by atoms with Gasteiger partial charge >= 0.3 is 0 Å². The molecule has 0 radical (unpaired) electrons. The molecule has 0 aliphatic carbocycles. The number of piperidine rings is 1. The molecule has 6 nitrogen and oxygen atoms in total. The third-order valence-electron chi connectivity index (χ3n) is 5.62. The van der Waals surface area contributed by atoms with Crippen molar-refractivity contribution in [3.63, 3.8) is 0 Å². The predicted molar refractivity (Wildman–Crippen MR) is 132 cm³/mol. The molecular formula is C25H31BrN4O2. The highest BCUT2D eigenvalue weighted by atomic mass is 79.9. The summed E-state index contributed by atoms with van der Waals surface area (Å²) in [5.74, 6) is -0.119. The molecule has 0 spiro atoms. The second kappa shape index (κ2) is 13.1. The maximum Gasteiger partial charge on any atom is 0.257 e. The molecule has 2 amide bonds. The third-order valence-corrected chi connectivity index (χ3v) is 6.15. The molecule has 2 aromatic carbocycles. The van der Waals surface area contributed by atoms with Gasteiger partial charge in [0, 0.05) is 16.6 Å². The summed E-state index contributed by atoms with van der Waals surface area (Å²) in [7, 11) is 0.